The second kappa shape index (κ2) is 5.21. The molecule has 0 saturated heterocycles. The van der Waals surface area contributed by atoms with Crippen LogP contribution in [0.1, 0.15) is 11.1 Å². The first-order valence-electron chi connectivity index (χ1n) is 8.19. The van der Waals surface area contributed by atoms with Crippen LogP contribution in [0.4, 0.5) is 5.69 Å². The van der Waals surface area contributed by atoms with Gasteiger partial charge in [0, 0.05) is 29.4 Å². The van der Waals surface area contributed by atoms with Crippen molar-refractivity contribution in [3.8, 4) is 22.5 Å². The molecule has 0 fully saturated rings. The molecule has 118 valence electrons. The summed E-state index contributed by atoms with van der Waals surface area (Å²) in [4.78, 5) is 5.87. The van der Waals surface area contributed by atoms with Crippen molar-refractivity contribution in [2.45, 2.75) is 13.3 Å². The Morgan fingerprint density at radius 3 is 2.79 bits per heavy atom. The number of benzene rings is 2. The zero-order chi connectivity index (χ0) is 16.1. The fourth-order valence-electron chi connectivity index (χ4n) is 3.32. The summed E-state index contributed by atoms with van der Waals surface area (Å²) in [5, 5.41) is 5.60. The molecular formula is C20H17N3S. The van der Waals surface area contributed by atoms with Crippen LogP contribution in [-0.4, -0.2) is 15.9 Å². The molecule has 0 saturated carbocycles. The fraction of sp³-hybridized carbons (Fsp3) is 0.150. The molecular weight excluding hydrogens is 314 g/mol. The number of imidazole rings is 1. The number of aromatic nitrogens is 2. The lowest BCUT2D eigenvalue weighted by Gasteiger charge is -2.02. The zero-order valence-electron chi connectivity index (χ0n) is 13.4. The van der Waals surface area contributed by atoms with E-state index in [1.54, 1.807) is 11.3 Å². The third-order valence-corrected chi connectivity index (χ3v) is 5.51. The van der Waals surface area contributed by atoms with E-state index in [2.05, 4.69) is 70.7 Å². The van der Waals surface area contributed by atoms with Crippen LogP contribution in [0.2, 0.25) is 0 Å². The maximum atomic E-state index is 4.83. The summed E-state index contributed by atoms with van der Waals surface area (Å²) < 4.78 is 2.20. The van der Waals surface area contributed by atoms with E-state index in [1.807, 2.05) is 0 Å². The fourth-order valence-corrected chi connectivity index (χ4v) is 4.20. The van der Waals surface area contributed by atoms with Crippen LogP contribution in [-0.2, 0) is 6.42 Å². The van der Waals surface area contributed by atoms with Crippen LogP contribution >= 0.6 is 11.3 Å². The monoisotopic (exact) mass is 331 g/mol. The Morgan fingerprint density at radius 2 is 1.92 bits per heavy atom. The highest BCUT2D eigenvalue weighted by molar-refractivity contribution is 7.15. The largest absolute Gasteiger partial charge is 0.384 e. The Hall–Kier alpha value is -2.59. The van der Waals surface area contributed by atoms with E-state index in [0.717, 1.165) is 23.6 Å². The van der Waals surface area contributed by atoms with Gasteiger partial charge in [0.05, 0.1) is 11.4 Å². The van der Waals surface area contributed by atoms with Gasteiger partial charge >= 0.3 is 0 Å². The predicted octanol–water partition coefficient (Wildman–Crippen LogP) is 5.01. The van der Waals surface area contributed by atoms with Crippen molar-refractivity contribution in [2.75, 3.05) is 11.9 Å². The number of nitrogens with one attached hydrogen (secondary N) is 1. The van der Waals surface area contributed by atoms with Crippen molar-refractivity contribution in [3.63, 3.8) is 0 Å². The van der Waals surface area contributed by atoms with Crippen LogP contribution < -0.4 is 5.32 Å². The predicted molar refractivity (Wildman–Crippen MR) is 101 cm³/mol. The molecule has 0 spiro atoms. The molecule has 0 radical (unpaired) electrons. The molecule has 0 unspecified atom stereocenters. The van der Waals surface area contributed by atoms with Gasteiger partial charge in [0.2, 0.25) is 0 Å². The Morgan fingerprint density at radius 1 is 1.08 bits per heavy atom. The first-order valence-corrected chi connectivity index (χ1v) is 9.07. The van der Waals surface area contributed by atoms with Crippen molar-refractivity contribution in [3.05, 3.63) is 65.2 Å². The Kier molecular flexibility index (Phi) is 3.00. The van der Waals surface area contributed by atoms with Gasteiger partial charge in [-0.3, -0.25) is 4.40 Å². The number of hydrogen-bond donors (Lipinski definition) is 1. The van der Waals surface area contributed by atoms with Crippen LogP contribution in [0.5, 0.6) is 0 Å². The molecule has 2 aromatic carbocycles. The average Bonchev–Trinajstić information content (AvgIpc) is 3.30. The molecule has 2 aromatic heterocycles. The highest BCUT2D eigenvalue weighted by atomic mass is 32.1. The minimum atomic E-state index is 1.04. The molecule has 5 rings (SSSR count). The quantitative estimate of drug-likeness (QED) is 0.560. The van der Waals surface area contributed by atoms with Crippen molar-refractivity contribution in [2.24, 2.45) is 0 Å². The van der Waals surface area contributed by atoms with E-state index in [4.69, 9.17) is 4.98 Å². The van der Waals surface area contributed by atoms with Gasteiger partial charge in [-0.1, -0.05) is 35.9 Å². The first kappa shape index (κ1) is 13.8. The number of hydrogen-bond acceptors (Lipinski definition) is 3. The van der Waals surface area contributed by atoms with Gasteiger partial charge in [-0.15, -0.1) is 11.3 Å². The number of aryl methyl sites for hydroxylation is 1. The Balaban J connectivity index is 1.60. The van der Waals surface area contributed by atoms with E-state index >= 15 is 0 Å². The summed E-state index contributed by atoms with van der Waals surface area (Å²) in [5.74, 6) is 0. The van der Waals surface area contributed by atoms with Gasteiger partial charge in [-0.2, -0.15) is 0 Å². The van der Waals surface area contributed by atoms with Crippen LogP contribution in [0.25, 0.3) is 27.5 Å². The summed E-state index contributed by atoms with van der Waals surface area (Å²) in [6.07, 6.45) is 3.26. The first-order chi connectivity index (χ1) is 11.8. The van der Waals surface area contributed by atoms with E-state index in [1.165, 1.54) is 33.6 Å². The number of thiazole rings is 1. The molecule has 3 nitrogen and oxygen atoms in total. The number of fused-ring (bicyclic) bond motifs is 2. The van der Waals surface area contributed by atoms with Crippen LogP contribution in [0.3, 0.4) is 0 Å². The molecule has 4 aromatic rings. The van der Waals surface area contributed by atoms with E-state index in [9.17, 15) is 0 Å². The molecule has 0 amide bonds. The second-order valence-corrected chi connectivity index (χ2v) is 7.15. The lowest BCUT2D eigenvalue weighted by Crippen LogP contribution is -1.90. The number of anilines is 1. The van der Waals surface area contributed by atoms with Crippen molar-refractivity contribution >= 4 is 22.0 Å². The summed E-state index contributed by atoms with van der Waals surface area (Å²) in [6, 6.07) is 15.3. The molecule has 0 bridgehead atoms. The topological polar surface area (TPSA) is 29.3 Å². The van der Waals surface area contributed by atoms with Gasteiger partial charge in [0.15, 0.2) is 4.96 Å². The summed E-state index contributed by atoms with van der Waals surface area (Å²) >= 11 is 1.69. The Labute approximate surface area is 144 Å². The number of rotatable bonds is 2. The van der Waals surface area contributed by atoms with Gasteiger partial charge in [0.1, 0.15) is 0 Å². The summed E-state index contributed by atoms with van der Waals surface area (Å²) in [7, 11) is 0. The van der Waals surface area contributed by atoms with Gasteiger partial charge in [-0.25, -0.2) is 4.98 Å². The van der Waals surface area contributed by atoms with Gasteiger partial charge < -0.3 is 5.32 Å². The van der Waals surface area contributed by atoms with Gasteiger partial charge in [-0.05, 0) is 36.6 Å². The van der Waals surface area contributed by atoms with Crippen LogP contribution in [0.15, 0.2) is 54.0 Å². The molecule has 1 N–H and O–H groups in total. The standard InChI is InChI=1S/C20H17N3S/c1-13-2-4-14(5-3-13)19-12-24-20-22-18(11-23(19)20)15-6-7-17-16(10-15)8-9-21-17/h2-7,10-12,21H,8-9H2,1H3. The molecule has 1 aliphatic heterocycles. The molecule has 4 heteroatoms. The van der Waals surface area contributed by atoms with Crippen molar-refractivity contribution in [1.82, 2.24) is 9.38 Å². The maximum absolute atomic E-state index is 4.83. The third-order valence-electron chi connectivity index (χ3n) is 4.67. The normalized spacial score (nSPS) is 13.2. The smallest absolute Gasteiger partial charge is 0.194 e. The SMILES string of the molecule is Cc1ccc(-c2csc3nc(-c4ccc5c(c4)CCN5)cn23)cc1. The van der Waals surface area contributed by atoms with Gasteiger partial charge in [0.25, 0.3) is 0 Å². The summed E-state index contributed by atoms with van der Waals surface area (Å²) in [5.41, 5.74) is 8.62. The number of nitrogens with zero attached hydrogens (tertiary/aromatic N) is 2. The molecule has 0 atom stereocenters. The third kappa shape index (κ3) is 2.14. The van der Waals surface area contributed by atoms with Crippen molar-refractivity contribution < 1.29 is 0 Å². The lowest BCUT2D eigenvalue weighted by atomic mass is 10.1. The Bertz CT molecular complexity index is 1040. The van der Waals surface area contributed by atoms with Crippen molar-refractivity contribution in [1.29, 1.82) is 0 Å². The van der Waals surface area contributed by atoms with E-state index < -0.39 is 0 Å². The maximum Gasteiger partial charge on any atom is 0.194 e. The molecule has 24 heavy (non-hydrogen) atoms. The van der Waals surface area contributed by atoms with Crippen LogP contribution in [0, 0.1) is 6.92 Å². The lowest BCUT2D eigenvalue weighted by molar-refractivity contribution is 1.11. The highest BCUT2D eigenvalue weighted by Crippen LogP contribution is 2.32. The average molecular weight is 331 g/mol. The van der Waals surface area contributed by atoms with E-state index in [0.29, 0.717) is 0 Å². The summed E-state index contributed by atoms with van der Waals surface area (Å²) in [6.45, 7) is 3.15. The minimum absolute atomic E-state index is 1.04. The van der Waals surface area contributed by atoms with E-state index in [-0.39, 0.29) is 0 Å². The highest BCUT2D eigenvalue weighted by Gasteiger charge is 2.14. The minimum Gasteiger partial charge on any atom is -0.384 e. The zero-order valence-corrected chi connectivity index (χ0v) is 14.2. The molecule has 3 heterocycles. The molecule has 1 aliphatic rings. The second-order valence-electron chi connectivity index (χ2n) is 6.31. The molecule has 0 aliphatic carbocycles.